The summed E-state index contributed by atoms with van der Waals surface area (Å²) in [4.78, 5) is 26.9. The van der Waals surface area contributed by atoms with Crippen molar-refractivity contribution in [3.05, 3.63) is 101 Å². The number of rotatable bonds is 6. The number of amides is 2. The van der Waals surface area contributed by atoms with Crippen LogP contribution in [-0.4, -0.2) is 41.9 Å². The minimum Gasteiger partial charge on any atom is -0.493 e. The van der Waals surface area contributed by atoms with Crippen molar-refractivity contribution < 1.29 is 19.1 Å². The van der Waals surface area contributed by atoms with Gasteiger partial charge in [-0.15, -0.1) is 0 Å². The Morgan fingerprint density at radius 2 is 1.70 bits per heavy atom. The number of benzene rings is 3. The lowest BCUT2D eigenvalue weighted by Gasteiger charge is -2.33. The molecule has 8 heteroatoms. The maximum absolute atomic E-state index is 13.6. The van der Waals surface area contributed by atoms with Crippen LogP contribution in [0.4, 0.5) is 5.82 Å². The molecule has 2 N–H and O–H groups in total. The molecular weight excluding hydrogens is 468 g/mol. The summed E-state index contributed by atoms with van der Waals surface area (Å²) < 4.78 is 12.7. The Morgan fingerprint density at radius 3 is 2.41 bits per heavy atom. The van der Waals surface area contributed by atoms with Crippen LogP contribution in [0.25, 0.3) is 5.69 Å². The number of aromatic nitrogens is 2. The number of anilines is 1. The molecule has 2 heterocycles. The molecule has 0 radical (unpaired) electrons. The standard InChI is InChI=1S/C29H28N4O4/c1-17-9-8-10-20(15-17)28(34)30-26-25(19-13-14-22(36-3)23(16-19)37-4)24-18(2)32-33(27(24)31-29(26)35)21-11-6-5-7-12-21/h5-16,25-26H,1-4H3,(H,30,34)(H,31,35)/t25-,26+/m1/s1. The SMILES string of the molecule is COc1ccc([C@@H]2c3c(C)nn(-c4ccccc4)c3NC(=O)[C@H]2NC(=O)c2cccc(C)c2)cc1OC. The van der Waals surface area contributed by atoms with Gasteiger partial charge in [0.25, 0.3) is 5.91 Å². The minimum absolute atomic E-state index is 0.328. The molecule has 0 aliphatic carbocycles. The molecule has 0 fully saturated rings. The van der Waals surface area contributed by atoms with Crippen LogP contribution in [0.2, 0.25) is 0 Å². The number of methoxy groups -OCH3 is 2. The summed E-state index contributed by atoms with van der Waals surface area (Å²) in [6.45, 7) is 3.83. The summed E-state index contributed by atoms with van der Waals surface area (Å²) in [5, 5.41) is 10.8. The van der Waals surface area contributed by atoms with Crippen LogP contribution in [0, 0.1) is 13.8 Å². The van der Waals surface area contributed by atoms with Gasteiger partial charge in [0.05, 0.1) is 25.6 Å². The van der Waals surface area contributed by atoms with Crippen molar-refractivity contribution in [2.75, 3.05) is 19.5 Å². The molecule has 8 nitrogen and oxygen atoms in total. The van der Waals surface area contributed by atoms with E-state index in [0.717, 1.165) is 28.1 Å². The summed E-state index contributed by atoms with van der Waals surface area (Å²) >= 11 is 0. The number of nitrogens with zero attached hydrogens (tertiary/aromatic N) is 2. The third kappa shape index (κ3) is 4.42. The van der Waals surface area contributed by atoms with Gasteiger partial charge in [0.15, 0.2) is 11.5 Å². The largest absolute Gasteiger partial charge is 0.493 e. The third-order valence-corrected chi connectivity index (χ3v) is 6.61. The van der Waals surface area contributed by atoms with Gasteiger partial charge in [-0.05, 0) is 55.8 Å². The van der Waals surface area contributed by atoms with E-state index < -0.39 is 12.0 Å². The van der Waals surface area contributed by atoms with Crippen molar-refractivity contribution >= 4 is 17.6 Å². The first-order chi connectivity index (χ1) is 17.9. The molecular formula is C29H28N4O4. The van der Waals surface area contributed by atoms with Crippen LogP contribution in [-0.2, 0) is 4.79 Å². The molecule has 0 spiro atoms. The molecule has 5 rings (SSSR count). The third-order valence-electron chi connectivity index (χ3n) is 6.61. The molecule has 2 atom stereocenters. The Bertz CT molecular complexity index is 1480. The second-order valence-corrected chi connectivity index (χ2v) is 9.00. The number of carbonyl (C=O) groups is 2. The molecule has 0 saturated heterocycles. The predicted molar refractivity (Wildman–Crippen MR) is 141 cm³/mol. The zero-order valence-corrected chi connectivity index (χ0v) is 21.1. The van der Waals surface area contributed by atoms with Crippen LogP contribution in [0.1, 0.15) is 38.7 Å². The summed E-state index contributed by atoms with van der Waals surface area (Å²) in [7, 11) is 3.14. The van der Waals surface area contributed by atoms with Crippen molar-refractivity contribution in [3.8, 4) is 17.2 Å². The Hall–Kier alpha value is -4.59. The van der Waals surface area contributed by atoms with E-state index in [9.17, 15) is 9.59 Å². The highest BCUT2D eigenvalue weighted by molar-refractivity contribution is 6.04. The van der Waals surface area contributed by atoms with Crippen molar-refractivity contribution in [2.45, 2.75) is 25.8 Å². The zero-order valence-electron chi connectivity index (χ0n) is 21.1. The van der Waals surface area contributed by atoms with Gasteiger partial charge in [0.1, 0.15) is 11.9 Å². The number of ether oxygens (including phenoxy) is 2. The van der Waals surface area contributed by atoms with Crippen LogP contribution in [0.5, 0.6) is 11.5 Å². The van der Waals surface area contributed by atoms with Gasteiger partial charge >= 0.3 is 0 Å². The molecule has 1 aliphatic heterocycles. The van der Waals surface area contributed by atoms with Crippen molar-refractivity contribution in [3.63, 3.8) is 0 Å². The summed E-state index contributed by atoms with van der Waals surface area (Å²) in [6, 6.07) is 21.5. The molecule has 2 amide bonds. The van der Waals surface area contributed by atoms with E-state index in [2.05, 4.69) is 10.6 Å². The molecule has 4 aromatic rings. The normalized spacial score (nSPS) is 16.5. The lowest BCUT2D eigenvalue weighted by atomic mass is 9.81. The fourth-order valence-electron chi connectivity index (χ4n) is 4.87. The van der Waals surface area contributed by atoms with E-state index in [1.54, 1.807) is 37.1 Å². The van der Waals surface area contributed by atoms with Gasteiger partial charge in [0.2, 0.25) is 5.91 Å². The van der Waals surface area contributed by atoms with Gasteiger partial charge in [-0.3, -0.25) is 9.59 Å². The van der Waals surface area contributed by atoms with E-state index in [1.165, 1.54) is 0 Å². The van der Waals surface area contributed by atoms with Gasteiger partial charge < -0.3 is 20.1 Å². The zero-order chi connectivity index (χ0) is 26.1. The Morgan fingerprint density at radius 1 is 0.946 bits per heavy atom. The number of hydrogen-bond donors (Lipinski definition) is 2. The second-order valence-electron chi connectivity index (χ2n) is 9.00. The van der Waals surface area contributed by atoms with Gasteiger partial charge in [-0.1, -0.05) is 42.0 Å². The summed E-state index contributed by atoms with van der Waals surface area (Å²) in [6.07, 6.45) is 0. The molecule has 3 aromatic carbocycles. The van der Waals surface area contributed by atoms with Crippen LogP contribution >= 0.6 is 0 Å². The van der Waals surface area contributed by atoms with Crippen molar-refractivity contribution in [2.24, 2.45) is 0 Å². The number of nitrogens with one attached hydrogen (secondary N) is 2. The highest BCUT2D eigenvalue weighted by Gasteiger charge is 2.42. The molecule has 1 aromatic heterocycles. The van der Waals surface area contributed by atoms with Crippen LogP contribution in [0.15, 0.2) is 72.8 Å². The molecule has 0 unspecified atom stereocenters. The number of fused-ring (bicyclic) bond motifs is 1. The topological polar surface area (TPSA) is 94.5 Å². The van der Waals surface area contributed by atoms with Gasteiger partial charge in [-0.2, -0.15) is 5.10 Å². The lowest BCUT2D eigenvalue weighted by molar-refractivity contribution is -0.118. The fraction of sp³-hybridized carbons (Fsp3) is 0.207. The summed E-state index contributed by atoms with van der Waals surface area (Å²) in [5.74, 6) is 0.508. The summed E-state index contributed by atoms with van der Waals surface area (Å²) in [5.41, 5.74) is 4.62. The van der Waals surface area contributed by atoms with E-state index in [1.807, 2.05) is 68.4 Å². The fourth-order valence-corrected chi connectivity index (χ4v) is 4.87. The molecule has 0 bridgehead atoms. The first-order valence-corrected chi connectivity index (χ1v) is 12.0. The van der Waals surface area contributed by atoms with E-state index in [-0.39, 0.29) is 11.8 Å². The Kier molecular flexibility index (Phi) is 6.40. The van der Waals surface area contributed by atoms with Crippen molar-refractivity contribution in [1.29, 1.82) is 0 Å². The lowest BCUT2D eigenvalue weighted by Crippen LogP contribution is -2.50. The average Bonchev–Trinajstić information content (AvgIpc) is 3.24. The van der Waals surface area contributed by atoms with Crippen molar-refractivity contribution in [1.82, 2.24) is 15.1 Å². The van der Waals surface area contributed by atoms with Crippen LogP contribution in [0.3, 0.4) is 0 Å². The number of para-hydroxylation sites is 1. The quantitative estimate of drug-likeness (QED) is 0.413. The van der Waals surface area contributed by atoms with E-state index in [4.69, 9.17) is 14.6 Å². The first kappa shape index (κ1) is 24.1. The molecule has 188 valence electrons. The minimum atomic E-state index is -0.884. The highest BCUT2D eigenvalue weighted by Crippen LogP contribution is 2.42. The molecule has 1 aliphatic rings. The van der Waals surface area contributed by atoms with Gasteiger partial charge in [-0.25, -0.2) is 4.68 Å². The van der Waals surface area contributed by atoms with Gasteiger partial charge in [0, 0.05) is 17.0 Å². The van der Waals surface area contributed by atoms with Crippen LogP contribution < -0.4 is 20.1 Å². The molecule has 0 saturated carbocycles. The first-order valence-electron chi connectivity index (χ1n) is 12.0. The van der Waals surface area contributed by atoms with E-state index >= 15 is 0 Å². The predicted octanol–water partition coefficient (Wildman–Crippen LogP) is 4.39. The Balaban J connectivity index is 1.65. The Labute approximate surface area is 215 Å². The maximum atomic E-state index is 13.6. The maximum Gasteiger partial charge on any atom is 0.251 e. The number of hydrogen-bond acceptors (Lipinski definition) is 5. The average molecular weight is 497 g/mol. The second kappa shape index (κ2) is 9.81. The smallest absolute Gasteiger partial charge is 0.251 e. The van der Waals surface area contributed by atoms with E-state index in [0.29, 0.717) is 22.9 Å². The molecule has 37 heavy (non-hydrogen) atoms. The highest BCUT2D eigenvalue weighted by atomic mass is 16.5. The monoisotopic (exact) mass is 496 g/mol. The number of aryl methyl sites for hydroxylation is 2. The number of carbonyl (C=O) groups excluding carboxylic acids is 2.